The molecule has 3 nitrogen and oxygen atoms in total. The zero-order chi connectivity index (χ0) is 9.42. The highest BCUT2D eigenvalue weighted by atomic mass is 35.5. The van der Waals surface area contributed by atoms with E-state index in [0.717, 1.165) is 13.1 Å². The SMILES string of the molecule is CC1CN(C(=O)c2csc(Cl)n2)C1. The average Bonchev–Trinajstić information content (AvgIpc) is 2.45. The number of rotatable bonds is 1. The van der Waals surface area contributed by atoms with Crippen LogP contribution in [0.3, 0.4) is 0 Å². The molecule has 0 spiro atoms. The Kier molecular flexibility index (Phi) is 2.26. The third-order valence-corrected chi connectivity index (χ3v) is 3.03. The third kappa shape index (κ3) is 1.69. The molecule has 5 heteroatoms. The van der Waals surface area contributed by atoms with Crippen LogP contribution in [0.4, 0.5) is 0 Å². The molecule has 2 heterocycles. The second-order valence-corrected chi connectivity index (χ2v) is 4.74. The van der Waals surface area contributed by atoms with Gasteiger partial charge in [0.15, 0.2) is 4.47 Å². The number of thiazole rings is 1. The Bertz CT molecular complexity index is 333. The largest absolute Gasteiger partial charge is 0.337 e. The standard InChI is InChI=1S/C8H9ClN2OS/c1-5-2-11(3-5)7(12)6-4-13-8(9)10-6/h4-5H,2-3H2,1H3. The number of hydrogen-bond acceptors (Lipinski definition) is 3. The molecule has 0 unspecified atom stereocenters. The van der Waals surface area contributed by atoms with E-state index in [1.165, 1.54) is 11.3 Å². The van der Waals surface area contributed by atoms with Gasteiger partial charge in [0.25, 0.3) is 5.91 Å². The fourth-order valence-corrected chi connectivity index (χ4v) is 2.12. The van der Waals surface area contributed by atoms with E-state index in [1.807, 2.05) is 0 Å². The van der Waals surface area contributed by atoms with Gasteiger partial charge in [0.2, 0.25) is 0 Å². The first-order valence-corrected chi connectivity index (χ1v) is 5.33. The minimum absolute atomic E-state index is 0.00116. The lowest BCUT2D eigenvalue weighted by Gasteiger charge is -2.36. The molecule has 13 heavy (non-hydrogen) atoms. The quantitative estimate of drug-likeness (QED) is 0.718. The second-order valence-electron chi connectivity index (χ2n) is 3.30. The Morgan fingerprint density at radius 2 is 2.46 bits per heavy atom. The minimum Gasteiger partial charge on any atom is -0.337 e. The van der Waals surface area contributed by atoms with E-state index in [0.29, 0.717) is 16.1 Å². The van der Waals surface area contributed by atoms with Crippen molar-refractivity contribution in [2.24, 2.45) is 5.92 Å². The molecule has 1 aromatic rings. The minimum atomic E-state index is 0.00116. The fraction of sp³-hybridized carbons (Fsp3) is 0.500. The highest BCUT2D eigenvalue weighted by molar-refractivity contribution is 7.14. The van der Waals surface area contributed by atoms with E-state index >= 15 is 0 Å². The van der Waals surface area contributed by atoms with Crippen molar-refractivity contribution < 1.29 is 4.79 Å². The number of aromatic nitrogens is 1. The maximum absolute atomic E-state index is 11.6. The van der Waals surface area contributed by atoms with Crippen LogP contribution in [0.5, 0.6) is 0 Å². The van der Waals surface area contributed by atoms with Gasteiger partial charge in [0.05, 0.1) is 0 Å². The predicted molar refractivity (Wildman–Crippen MR) is 52.2 cm³/mol. The Hall–Kier alpha value is -0.610. The maximum atomic E-state index is 11.6. The fourth-order valence-electron chi connectivity index (χ4n) is 1.38. The molecular formula is C8H9ClN2OS. The lowest BCUT2D eigenvalue weighted by atomic mass is 10.0. The molecule has 1 saturated heterocycles. The summed E-state index contributed by atoms with van der Waals surface area (Å²) in [5.74, 6) is 0.624. The smallest absolute Gasteiger partial charge is 0.273 e. The maximum Gasteiger partial charge on any atom is 0.273 e. The van der Waals surface area contributed by atoms with Gasteiger partial charge in [-0.3, -0.25) is 4.79 Å². The van der Waals surface area contributed by atoms with Crippen molar-refractivity contribution in [2.45, 2.75) is 6.92 Å². The lowest BCUT2D eigenvalue weighted by Crippen LogP contribution is -2.48. The summed E-state index contributed by atoms with van der Waals surface area (Å²) in [6.07, 6.45) is 0. The molecule has 0 radical (unpaired) electrons. The van der Waals surface area contributed by atoms with E-state index in [-0.39, 0.29) is 5.91 Å². The van der Waals surface area contributed by atoms with E-state index in [4.69, 9.17) is 11.6 Å². The van der Waals surface area contributed by atoms with Crippen LogP contribution in [0.2, 0.25) is 4.47 Å². The number of carbonyl (C=O) groups is 1. The van der Waals surface area contributed by atoms with Crippen LogP contribution in [0, 0.1) is 5.92 Å². The van der Waals surface area contributed by atoms with E-state index < -0.39 is 0 Å². The van der Waals surface area contributed by atoms with Gasteiger partial charge in [-0.2, -0.15) is 0 Å². The van der Waals surface area contributed by atoms with Gasteiger partial charge in [0, 0.05) is 18.5 Å². The Morgan fingerprint density at radius 1 is 1.77 bits per heavy atom. The molecule has 0 aliphatic carbocycles. The van der Waals surface area contributed by atoms with Crippen molar-refractivity contribution in [2.75, 3.05) is 13.1 Å². The third-order valence-electron chi connectivity index (χ3n) is 2.05. The van der Waals surface area contributed by atoms with Crippen LogP contribution in [0.15, 0.2) is 5.38 Å². The Labute approximate surface area is 85.3 Å². The summed E-state index contributed by atoms with van der Waals surface area (Å²) >= 11 is 6.93. The van der Waals surface area contributed by atoms with E-state index in [1.54, 1.807) is 10.3 Å². The van der Waals surface area contributed by atoms with Gasteiger partial charge in [0.1, 0.15) is 5.69 Å². The summed E-state index contributed by atoms with van der Waals surface area (Å²) in [5.41, 5.74) is 0.474. The van der Waals surface area contributed by atoms with Crippen molar-refractivity contribution in [3.05, 3.63) is 15.5 Å². The molecule has 1 aromatic heterocycles. The van der Waals surface area contributed by atoms with Crippen LogP contribution in [0.1, 0.15) is 17.4 Å². The zero-order valence-electron chi connectivity index (χ0n) is 7.16. The van der Waals surface area contributed by atoms with Gasteiger partial charge < -0.3 is 4.90 Å². The first kappa shape index (κ1) is 8.97. The summed E-state index contributed by atoms with van der Waals surface area (Å²) in [6, 6.07) is 0. The summed E-state index contributed by atoms with van der Waals surface area (Å²) in [6.45, 7) is 3.81. The summed E-state index contributed by atoms with van der Waals surface area (Å²) in [4.78, 5) is 17.3. The molecule has 0 bridgehead atoms. The normalized spacial score (nSPS) is 17.2. The predicted octanol–water partition coefficient (Wildman–Crippen LogP) is 1.89. The molecule has 1 fully saturated rings. The highest BCUT2D eigenvalue weighted by Gasteiger charge is 2.28. The van der Waals surface area contributed by atoms with Crippen molar-refractivity contribution >= 4 is 28.8 Å². The van der Waals surface area contributed by atoms with Crippen molar-refractivity contribution in [3.63, 3.8) is 0 Å². The average molecular weight is 217 g/mol. The molecule has 1 aliphatic rings. The monoisotopic (exact) mass is 216 g/mol. The Balaban J connectivity index is 2.06. The number of likely N-dealkylation sites (tertiary alicyclic amines) is 1. The first-order chi connectivity index (χ1) is 6.16. The Morgan fingerprint density at radius 3 is 2.92 bits per heavy atom. The zero-order valence-corrected chi connectivity index (χ0v) is 8.73. The van der Waals surface area contributed by atoms with E-state index in [2.05, 4.69) is 11.9 Å². The molecule has 70 valence electrons. The van der Waals surface area contributed by atoms with Gasteiger partial charge in [-0.15, -0.1) is 11.3 Å². The molecule has 1 amide bonds. The van der Waals surface area contributed by atoms with Gasteiger partial charge in [-0.25, -0.2) is 4.98 Å². The van der Waals surface area contributed by atoms with Crippen LogP contribution < -0.4 is 0 Å². The number of halogens is 1. The molecule has 0 saturated carbocycles. The van der Waals surface area contributed by atoms with Crippen LogP contribution in [-0.4, -0.2) is 28.9 Å². The first-order valence-electron chi connectivity index (χ1n) is 4.07. The van der Waals surface area contributed by atoms with Gasteiger partial charge >= 0.3 is 0 Å². The molecule has 2 rings (SSSR count). The van der Waals surface area contributed by atoms with Crippen molar-refractivity contribution in [1.29, 1.82) is 0 Å². The second kappa shape index (κ2) is 3.27. The van der Waals surface area contributed by atoms with Gasteiger partial charge in [-0.05, 0) is 5.92 Å². The van der Waals surface area contributed by atoms with E-state index in [9.17, 15) is 4.79 Å². The van der Waals surface area contributed by atoms with Crippen LogP contribution >= 0.6 is 22.9 Å². The van der Waals surface area contributed by atoms with Crippen LogP contribution in [-0.2, 0) is 0 Å². The van der Waals surface area contributed by atoms with Crippen molar-refractivity contribution in [3.8, 4) is 0 Å². The number of carbonyl (C=O) groups excluding carboxylic acids is 1. The van der Waals surface area contributed by atoms with Crippen LogP contribution in [0.25, 0.3) is 0 Å². The lowest BCUT2D eigenvalue weighted by molar-refractivity contribution is 0.0525. The molecule has 0 atom stereocenters. The summed E-state index contributed by atoms with van der Waals surface area (Å²) in [7, 11) is 0. The molecule has 0 aromatic carbocycles. The molecule has 0 N–H and O–H groups in total. The number of amides is 1. The summed E-state index contributed by atoms with van der Waals surface area (Å²) < 4.78 is 0.428. The van der Waals surface area contributed by atoms with Crippen molar-refractivity contribution in [1.82, 2.24) is 9.88 Å². The highest BCUT2D eigenvalue weighted by Crippen LogP contribution is 2.20. The summed E-state index contributed by atoms with van der Waals surface area (Å²) in [5, 5.41) is 1.70. The molecular weight excluding hydrogens is 208 g/mol. The number of hydrogen-bond donors (Lipinski definition) is 0. The molecule has 1 aliphatic heterocycles. The number of nitrogens with zero attached hydrogens (tertiary/aromatic N) is 2. The topological polar surface area (TPSA) is 33.2 Å². The van der Waals surface area contributed by atoms with Gasteiger partial charge in [-0.1, -0.05) is 18.5 Å².